The zero-order valence-electron chi connectivity index (χ0n) is 16.5. The summed E-state index contributed by atoms with van der Waals surface area (Å²) in [5.41, 5.74) is 3.99. The van der Waals surface area contributed by atoms with Gasteiger partial charge in [-0.3, -0.25) is 9.59 Å². The summed E-state index contributed by atoms with van der Waals surface area (Å²) >= 11 is 1.44. The van der Waals surface area contributed by atoms with Crippen LogP contribution in [0.4, 0.5) is 17.1 Å². The van der Waals surface area contributed by atoms with E-state index in [-0.39, 0.29) is 11.8 Å². The van der Waals surface area contributed by atoms with Crippen LogP contribution in [0.15, 0.2) is 71.7 Å². The molecule has 0 unspecified atom stereocenters. The number of benzene rings is 2. The molecule has 29 heavy (non-hydrogen) atoms. The number of carbonyl (C=O) groups is 2. The Bertz CT molecular complexity index is 1120. The Morgan fingerprint density at radius 1 is 0.931 bits per heavy atom. The zero-order valence-corrected chi connectivity index (χ0v) is 17.3. The SMILES string of the molecule is Cc1ccccc1NC1=C(c2cccs2)C(=O)N(c2cccc(N(C)C)c2)C1=O. The topological polar surface area (TPSA) is 52.7 Å². The first-order valence-electron chi connectivity index (χ1n) is 9.24. The molecule has 1 aliphatic rings. The maximum absolute atomic E-state index is 13.4. The van der Waals surface area contributed by atoms with Gasteiger partial charge in [0.2, 0.25) is 0 Å². The van der Waals surface area contributed by atoms with Gasteiger partial charge in [0.05, 0.1) is 11.3 Å². The Kier molecular flexibility index (Phi) is 4.94. The lowest BCUT2D eigenvalue weighted by Crippen LogP contribution is -2.32. The van der Waals surface area contributed by atoms with Crippen molar-refractivity contribution in [1.82, 2.24) is 0 Å². The number of anilines is 3. The van der Waals surface area contributed by atoms with E-state index in [2.05, 4.69) is 5.32 Å². The Morgan fingerprint density at radius 2 is 1.72 bits per heavy atom. The van der Waals surface area contributed by atoms with Crippen molar-refractivity contribution in [1.29, 1.82) is 0 Å². The van der Waals surface area contributed by atoms with Crippen LogP contribution in [0, 0.1) is 6.92 Å². The number of amides is 2. The average Bonchev–Trinajstić information content (AvgIpc) is 3.30. The Morgan fingerprint density at radius 3 is 2.41 bits per heavy atom. The van der Waals surface area contributed by atoms with Crippen molar-refractivity contribution >= 4 is 45.8 Å². The van der Waals surface area contributed by atoms with Crippen LogP contribution in [-0.4, -0.2) is 25.9 Å². The molecule has 0 atom stereocenters. The molecule has 146 valence electrons. The van der Waals surface area contributed by atoms with Gasteiger partial charge in [0, 0.05) is 30.3 Å². The first kappa shape index (κ1) is 19.0. The van der Waals surface area contributed by atoms with Crippen LogP contribution in [0.25, 0.3) is 5.57 Å². The minimum atomic E-state index is -0.349. The van der Waals surface area contributed by atoms with Crippen LogP contribution in [0.5, 0.6) is 0 Å². The number of nitrogens with one attached hydrogen (secondary N) is 1. The molecule has 4 rings (SSSR count). The summed E-state index contributed by atoms with van der Waals surface area (Å²) in [6.45, 7) is 1.97. The molecule has 0 radical (unpaired) electrons. The smallest absolute Gasteiger partial charge is 0.282 e. The van der Waals surface area contributed by atoms with Crippen LogP contribution < -0.4 is 15.1 Å². The van der Waals surface area contributed by atoms with E-state index in [0.717, 1.165) is 21.8 Å². The molecule has 0 aliphatic carbocycles. The van der Waals surface area contributed by atoms with E-state index in [1.54, 1.807) is 6.07 Å². The number of para-hydroxylation sites is 1. The van der Waals surface area contributed by atoms with Crippen molar-refractivity contribution in [2.24, 2.45) is 0 Å². The van der Waals surface area contributed by atoms with Crippen LogP contribution >= 0.6 is 11.3 Å². The van der Waals surface area contributed by atoms with Crippen LogP contribution in [0.2, 0.25) is 0 Å². The lowest BCUT2D eigenvalue weighted by molar-refractivity contribution is -0.120. The number of nitrogens with zero attached hydrogens (tertiary/aromatic N) is 2. The third kappa shape index (κ3) is 3.43. The fourth-order valence-corrected chi connectivity index (χ4v) is 4.06. The van der Waals surface area contributed by atoms with E-state index in [0.29, 0.717) is 17.0 Å². The third-order valence-corrected chi connectivity index (χ3v) is 5.75. The Balaban J connectivity index is 1.80. The molecule has 0 bridgehead atoms. The molecule has 3 aromatic rings. The van der Waals surface area contributed by atoms with Crippen molar-refractivity contribution in [3.05, 3.63) is 82.2 Å². The zero-order chi connectivity index (χ0) is 20.5. The van der Waals surface area contributed by atoms with Gasteiger partial charge in [-0.25, -0.2) is 4.90 Å². The number of carbonyl (C=O) groups excluding carboxylic acids is 2. The van der Waals surface area contributed by atoms with E-state index in [1.165, 1.54) is 16.2 Å². The molecule has 0 saturated carbocycles. The van der Waals surface area contributed by atoms with Gasteiger partial charge in [0.15, 0.2) is 0 Å². The van der Waals surface area contributed by atoms with E-state index < -0.39 is 0 Å². The highest BCUT2D eigenvalue weighted by Crippen LogP contribution is 2.36. The highest BCUT2D eigenvalue weighted by atomic mass is 32.1. The van der Waals surface area contributed by atoms with Crippen molar-refractivity contribution in [2.75, 3.05) is 29.2 Å². The van der Waals surface area contributed by atoms with Crippen molar-refractivity contribution in [2.45, 2.75) is 6.92 Å². The molecule has 2 heterocycles. The molecule has 0 fully saturated rings. The van der Waals surface area contributed by atoms with Gasteiger partial charge >= 0.3 is 0 Å². The van der Waals surface area contributed by atoms with Crippen LogP contribution in [0.1, 0.15) is 10.4 Å². The summed E-state index contributed by atoms with van der Waals surface area (Å²) in [6, 6.07) is 18.9. The van der Waals surface area contributed by atoms with Gasteiger partial charge in [-0.05, 0) is 48.2 Å². The molecule has 1 aromatic heterocycles. The van der Waals surface area contributed by atoms with Crippen molar-refractivity contribution in [3.63, 3.8) is 0 Å². The van der Waals surface area contributed by atoms with Gasteiger partial charge in [0.1, 0.15) is 5.70 Å². The summed E-state index contributed by atoms with van der Waals surface area (Å²) in [4.78, 5) is 30.7. The molecule has 1 N–H and O–H groups in total. The third-order valence-electron chi connectivity index (χ3n) is 4.86. The number of aryl methyl sites for hydroxylation is 1. The fraction of sp³-hybridized carbons (Fsp3) is 0.130. The van der Waals surface area contributed by atoms with Crippen LogP contribution in [-0.2, 0) is 9.59 Å². The minimum Gasteiger partial charge on any atom is -0.378 e. The molecular formula is C23H21N3O2S. The number of imide groups is 1. The molecule has 6 heteroatoms. The standard InChI is InChI=1S/C23H21N3O2S/c1-15-8-4-5-11-18(15)24-21-20(19-12-7-13-29-19)22(27)26(23(21)28)17-10-6-9-16(14-17)25(2)3/h4-14,24H,1-3H3. The van der Waals surface area contributed by atoms with Gasteiger partial charge < -0.3 is 10.2 Å². The lowest BCUT2D eigenvalue weighted by atomic mass is 10.1. The number of rotatable bonds is 5. The first-order chi connectivity index (χ1) is 14.0. The summed E-state index contributed by atoms with van der Waals surface area (Å²) < 4.78 is 0. The Labute approximate surface area is 173 Å². The van der Waals surface area contributed by atoms with E-state index in [9.17, 15) is 9.59 Å². The van der Waals surface area contributed by atoms with E-state index >= 15 is 0 Å². The molecule has 0 saturated heterocycles. The summed E-state index contributed by atoms with van der Waals surface area (Å²) in [5, 5.41) is 5.13. The molecule has 1 aliphatic heterocycles. The lowest BCUT2D eigenvalue weighted by Gasteiger charge is -2.19. The fourth-order valence-electron chi connectivity index (χ4n) is 3.29. The van der Waals surface area contributed by atoms with E-state index in [1.807, 2.05) is 85.9 Å². The second-order valence-corrected chi connectivity index (χ2v) is 7.97. The highest BCUT2D eigenvalue weighted by molar-refractivity contribution is 7.11. The quantitative estimate of drug-likeness (QED) is 0.637. The minimum absolute atomic E-state index is 0.307. The largest absolute Gasteiger partial charge is 0.378 e. The molecular weight excluding hydrogens is 382 g/mol. The van der Waals surface area contributed by atoms with Gasteiger partial charge in [-0.15, -0.1) is 11.3 Å². The second kappa shape index (κ2) is 7.56. The monoisotopic (exact) mass is 403 g/mol. The average molecular weight is 404 g/mol. The maximum Gasteiger partial charge on any atom is 0.282 e. The predicted molar refractivity (Wildman–Crippen MR) is 119 cm³/mol. The predicted octanol–water partition coefficient (Wildman–Crippen LogP) is 4.52. The molecule has 0 spiro atoms. The summed E-state index contributed by atoms with van der Waals surface area (Å²) in [6.07, 6.45) is 0. The summed E-state index contributed by atoms with van der Waals surface area (Å²) in [5.74, 6) is -0.665. The Hall–Kier alpha value is -3.38. The van der Waals surface area contributed by atoms with Gasteiger partial charge in [0.25, 0.3) is 11.8 Å². The molecule has 5 nitrogen and oxygen atoms in total. The second-order valence-electron chi connectivity index (χ2n) is 7.03. The summed E-state index contributed by atoms with van der Waals surface area (Å²) in [7, 11) is 3.85. The number of hydrogen-bond donors (Lipinski definition) is 1. The number of hydrogen-bond acceptors (Lipinski definition) is 5. The highest BCUT2D eigenvalue weighted by Gasteiger charge is 2.40. The maximum atomic E-state index is 13.4. The van der Waals surface area contributed by atoms with Crippen LogP contribution in [0.3, 0.4) is 0 Å². The normalized spacial score (nSPS) is 14.0. The number of thiophene rings is 1. The first-order valence-corrected chi connectivity index (χ1v) is 10.1. The van der Waals surface area contributed by atoms with E-state index in [4.69, 9.17) is 0 Å². The molecule has 2 aromatic carbocycles. The van der Waals surface area contributed by atoms with Gasteiger partial charge in [-0.1, -0.05) is 30.3 Å². The van der Waals surface area contributed by atoms with Crippen molar-refractivity contribution < 1.29 is 9.59 Å². The van der Waals surface area contributed by atoms with Gasteiger partial charge in [-0.2, -0.15) is 0 Å². The molecule has 2 amide bonds. The van der Waals surface area contributed by atoms with Crippen molar-refractivity contribution in [3.8, 4) is 0 Å².